The molecule has 1 aliphatic rings. The van der Waals surface area contributed by atoms with Gasteiger partial charge in [-0.1, -0.05) is 11.6 Å². The van der Waals surface area contributed by atoms with Crippen LogP contribution in [0.15, 0.2) is 12.1 Å². The van der Waals surface area contributed by atoms with Crippen molar-refractivity contribution in [3.8, 4) is 11.5 Å². The number of likely N-dealkylation sites (N-methyl/N-ethyl adjacent to an activating group) is 1. The van der Waals surface area contributed by atoms with Gasteiger partial charge in [0.05, 0.1) is 11.4 Å². The molecule has 0 unspecified atom stereocenters. The third-order valence-electron chi connectivity index (χ3n) is 2.72. The fraction of sp³-hybridized carbons (Fsp3) is 0.462. The van der Waals surface area contributed by atoms with Crippen molar-refractivity contribution in [2.75, 3.05) is 33.4 Å². The maximum Gasteiger partial charge on any atom is 0.224 e. The molecule has 0 saturated carbocycles. The minimum atomic E-state index is -0.0389. The summed E-state index contributed by atoms with van der Waals surface area (Å²) in [4.78, 5) is 11.7. The van der Waals surface area contributed by atoms with Gasteiger partial charge in [-0.25, -0.2) is 0 Å². The Kier molecular flexibility index (Phi) is 4.87. The van der Waals surface area contributed by atoms with E-state index in [0.717, 1.165) is 12.1 Å². The highest BCUT2D eigenvalue weighted by Crippen LogP contribution is 2.38. The largest absolute Gasteiger partial charge is 0.486 e. The maximum absolute atomic E-state index is 11.7. The molecule has 104 valence electrons. The van der Waals surface area contributed by atoms with E-state index >= 15 is 0 Å². The minimum Gasteiger partial charge on any atom is -0.486 e. The molecule has 0 spiro atoms. The Labute approximate surface area is 117 Å². The molecule has 0 saturated heterocycles. The predicted octanol–water partition coefficient (Wildman–Crippen LogP) is 0.989. The number of carbonyl (C=O) groups is 1. The summed E-state index contributed by atoms with van der Waals surface area (Å²) in [7, 11) is 1.84. The Morgan fingerprint density at radius 3 is 2.89 bits per heavy atom. The smallest absolute Gasteiger partial charge is 0.224 e. The summed E-state index contributed by atoms with van der Waals surface area (Å²) >= 11 is 6.11. The van der Waals surface area contributed by atoms with Crippen molar-refractivity contribution >= 4 is 17.5 Å². The van der Waals surface area contributed by atoms with E-state index in [2.05, 4.69) is 10.6 Å². The van der Waals surface area contributed by atoms with E-state index < -0.39 is 0 Å². The second kappa shape index (κ2) is 6.63. The molecule has 0 aliphatic carbocycles. The first-order valence-corrected chi connectivity index (χ1v) is 6.58. The van der Waals surface area contributed by atoms with E-state index in [0.29, 0.717) is 36.3 Å². The number of rotatable bonds is 5. The number of nitrogens with one attached hydrogen (secondary N) is 2. The molecule has 0 aromatic heterocycles. The molecular formula is C13H17ClN2O3. The third-order valence-corrected chi connectivity index (χ3v) is 3.00. The summed E-state index contributed by atoms with van der Waals surface area (Å²) in [5.74, 6) is 1.13. The number of hydrogen-bond donors (Lipinski definition) is 2. The van der Waals surface area contributed by atoms with Gasteiger partial charge in [0.15, 0.2) is 11.5 Å². The monoisotopic (exact) mass is 284 g/mol. The Bertz CT molecular complexity index is 465. The number of amides is 1. The van der Waals surface area contributed by atoms with E-state index in [4.69, 9.17) is 21.1 Å². The second-order valence-corrected chi connectivity index (χ2v) is 4.64. The number of hydrogen-bond acceptors (Lipinski definition) is 4. The molecule has 1 amide bonds. The van der Waals surface area contributed by atoms with Crippen LogP contribution in [-0.2, 0) is 11.2 Å². The van der Waals surface area contributed by atoms with Crippen LogP contribution in [0.25, 0.3) is 0 Å². The lowest BCUT2D eigenvalue weighted by atomic mass is 10.1. The number of benzene rings is 1. The molecule has 2 rings (SSSR count). The van der Waals surface area contributed by atoms with Crippen molar-refractivity contribution < 1.29 is 14.3 Å². The molecule has 2 N–H and O–H groups in total. The molecule has 5 nitrogen and oxygen atoms in total. The molecule has 6 heteroatoms. The first-order valence-electron chi connectivity index (χ1n) is 6.20. The second-order valence-electron chi connectivity index (χ2n) is 4.23. The standard InChI is InChI=1S/C13H17ClN2O3/c1-15-2-3-16-12(17)8-9-6-10(14)13-11(7-9)18-4-5-19-13/h6-7,15H,2-5,8H2,1H3,(H,16,17). The average molecular weight is 285 g/mol. The van der Waals surface area contributed by atoms with Crippen LogP contribution in [-0.4, -0.2) is 39.3 Å². The van der Waals surface area contributed by atoms with E-state index in [9.17, 15) is 4.79 Å². The lowest BCUT2D eigenvalue weighted by Gasteiger charge is -2.20. The van der Waals surface area contributed by atoms with Crippen LogP contribution in [0.2, 0.25) is 5.02 Å². The summed E-state index contributed by atoms with van der Waals surface area (Å²) in [6.07, 6.45) is 0.278. The molecule has 1 aliphatic heterocycles. The van der Waals surface area contributed by atoms with Crippen molar-refractivity contribution in [1.29, 1.82) is 0 Å². The molecule has 1 aromatic carbocycles. The van der Waals surface area contributed by atoms with Gasteiger partial charge in [-0.05, 0) is 24.7 Å². The zero-order valence-electron chi connectivity index (χ0n) is 10.8. The zero-order valence-corrected chi connectivity index (χ0v) is 11.5. The fourth-order valence-corrected chi connectivity index (χ4v) is 2.13. The fourth-order valence-electron chi connectivity index (χ4n) is 1.84. The third kappa shape index (κ3) is 3.75. The van der Waals surface area contributed by atoms with Crippen LogP contribution in [0.3, 0.4) is 0 Å². The zero-order chi connectivity index (χ0) is 13.7. The molecule has 19 heavy (non-hydrogen) atoms. The normalized spacial score (nSPS) is 13.2. The number of carbonyl (C=O) groups excluding carboxylic acids is 1. The molecule has 0 bridgehead atoms. The van der Waals surface area contributed by atoms with Gasteiger partial charge in [-0.2, -0.15) is 0 Å². The van der Waals surface area contributed by atoms with Crippen molar-refractivity contribution in [1.82, 2.24) is 10.6 Å². The molecule has 0 fully saturated rings. The number of halogens is 1. The van der Waals surface area contributed by atoms with E-state index in [1.807, 2.05) is 7.05 Å². The highest BCUT2D eigenvalue weighted by Gasteiger charge is 2.17. The van der Waals surface area contributed by atoms with Crippen molar-refractivity contribution in [2.24, 2.45) is 0 Å². The number of fused-ring (bicyclic) bond motifs is 1. The number of ether oxygens (including phenoxy) is 2. The van der Waals surface area contributed by atoms with Gasteiger partial charge in [0.25, 0.3) is 0 Å². The lowest BCUT2D eigenvalue weighted by Crippen LogP contribution is -2.31. The Morgan fingerprint density at radius 1 is 1.32 bits per heavy atom. The van der Waals surface area contributed by atoms with Gasteiger partial charge in [0.1, 0.15) is 13.2 Å². The minimum absolute atomic E-state index is 0.0389. The van der Waals surface area contributed by atoms with Crippen LogP contribution < -0.4 is 20.1 Å². The van der Waals surface area contributed by atoms with Gasteiger partial charge in [0.2, 0.25) is 5.91 Å². The average Bonchev–Trinajstić information content (AvgIpc) is 2.39. The van der Waals surface area contributed by atoms with Crippen molar-refractivity contribution in [2.45, 2.75) is 6.42 Å². The maximum atomic E-state index is 11.7. The van der Waals surface area contributed by atoms with Crippen molar-refractivity contribution in [3.05, 3.63) is 22.7 Å². The summed E-state index contributed by atoms with van der Waals surface area (Å²) in [5, 5.41) is 6.26. The van der Waals surface area contributed by atoms with Crippen LogP contribution >= 0.6 is 11.6 Å². The Balaban J connectivity index is 2.01. The lowest BCUT2D eigenvalue weighted by molar-refractivity contribution is -0.120. The Morgan fingerprint density at radius 2 is 2.11 bits per heavy atom. The highest BCUT2D eigenvalue weighted by atomic mass is 35.5. The van der Waals surface area contributed by atoms with Crippen molar-refractivity contribution in [3.63, 3.8) is 0 Å². The van der Waals surface area contributed by atoms with Gasteiger partial charge in [-0.3, -0.25) is 4.79 Å². The molecule has 0 atom stereocenters. The summed E-state index contributed by atoms with van der Waals surface area (Å²) in [6, 6.07) is 3.55. The van der Waals surface area contributed by atoms with E-state index in [-0.39, 0.29) is 12.3 Å². The van der Waals surface area contributed by atoms with Crippen LogP contribution in [0.5, 0.6) is 11.5 Å². The molecule has 1 heterocycles. The summed E-state index contributed by atoms with van der Waals surface area (Å²) < 4.78 is 10.9. The SMILES string of the molecule is CNCCNC(=O)Cc1cc(Cl)c2c(c1)OCCO2. The molecule has 0 radical (unpaired) electrons. The van der Waals surface area contributed by atoms with Crippen LogP contribution in [0.4, 0.5) is 0 Å². The van der Waals surface area contributed by atoms with E-state index in [1.54, 1.807) is 12.1 Å². The van der Waals surface area contributed by atoms with E-state index in [1.165, 1.54) is 0 Å². The highest BCUT2D eigenvalue weighted by molar-refractivity contribution is 6.32. The van der Waals surface area contributed by atoms with Crippen LogP contribution in [0, 0.1) is 0 Å². The predicted molar refractivity (Wildman–Crippen MR) is 73.1 cm³/mol. The summed E-state index contributed by atoms with van der Waals surface area (Å²) in [6.45, 7) is 2.35. The Hall–Kier alpha value is -1.46. The first-order chi connectivity index (χ1) is 9.20. The topological polar surface area (TPSA) is 59.6 Å². The molecule has 1 aromatic rings. The quantitative estimate of drug-likeness (QED) is 0.792. The van der Waals surface area contributed by atoms with Crippen LogP contribution in [0.1, 0.15) is 5.56 Å². The van der Waals surface area contributed by atoms with Gasteiger partial charge < -0.3 is 20.1 Å². The molecular weight excluding hydrogens is 268 g/mol. The van der Waals surface area contributed by atoms with Gasteiger partial charge in [0, 0.05) is 13.1 Å². The first kappa shape index (κ1) is 14.0. The summed E-state index contributed by atoms with van der Waals surface area (Å²) in [5.41, 5.74) is 0.816. The van der Waals surface area contributed by atoms with Gasteiger partial charge in [-0.15, -0.1) is 0 Å². The van der Waals surface area contributed by atoms with Gasteiger partial charge >= 0.3 is 0 Å².